The second-order valence-electron chi connectivity index (χ2n) is 7.12. The smallest absolute Gasteiger partial charge is 0.127 e. The molecule has 0 saturated heterocycles. The molecule has 0 radical (unpaired) electrons. The van der Waals surface area contributed by atoms with Crippen LogP contribution in [0.4, 0.5) is 0 Å². The summed E-state index contributed by atoms with van der Waals surface area (Å²) in [6.45, 7) is 4.35. The molecule has 1 fully saturated rings. The first kappa shape index (κ1) is 11.6. The van der Waals surface area contributed by atoms with Crippen LogP contribution in [0.2, 0.25) is 0 Å². The molecule has 1 aromatic rings. The fourth-order valence-electron chi connectivity index (χ4n) is 4.32. The zero-order valence-corrected chi connectivity index (χ0v) is 11.8. The summed E-state index contributed by atoms with van der Waals surface area (Å²) in [5.74, 6) is 2.85. The van der Waals surface area contributed by atoms with Crippen LogP contribution in [-0.2, 0) is 6.42 Å². The first-order valence-corrected chi connectivity index (χ1v) is 7.63. The second-order valence-corrected chi connectivity index (χ2v) is 7.12. The monoisotopic (exact) mass is 258 g/mol. The summed E-state index contributed by atoms with van der Waals surface area (Å²) in [6, 6.07) is 1.98. The van der Waals surface area contributed by atoms with Crippen LogP contribution in [-0.4, -0.2) is 10.7 Å². The largest absolute Gasteiger partial charge is 0.508 e. The second kappa shape index (κ2) is 3.68. The topological polar surface area (TPSA) is 29.5 Å². The van der Waals surface area contributed by atoms with E-state index in [1.807, 2.05) is 6.07 Å². The molecule has 19 heavy (non-hydrogen) atoms. The Labute approximate surface area is 114 Å². The fraction of sp³-hybridized carbons (Fsp3) is 0.647. The summed E-state index contributed by atoms with van der Waals surface area (Å²) in [5, 5.41) is 10.4. The highest BCUT2D eigenvalue weighted by atomic mass is 16.5. The van der Waals surface area contributed by atoms with Crippen molar-refractivity contribution in [3.05, 3.63) is 22.8 Å². The molecule has 2 bridgehead atoms. The fourth-order valence-corrected chi connectivity index (χ4v) is 4.32. The van der Waals surface area contributed by atoms with E-state index in [9.17, 15) is 5.11 Å². The molecule has 1 aromatic carbocycles. The average Bonchev–Trinajstić information content (AvgIpc) is 2.40. The van der Waals surface area contributed by atoms with Gasteiger partial charge < -0.3 is 9.84 Å². The van der Waals surface area contributed by atoms with Crippen LogP contribution in [0.1, 0.15) is 74.5 Å². The number of aryl methyl sites for hydroxylation is 1. The van der Waals surface area contributed by atoms with Gasteiger partial charge in [0.2, 0.25) is 0 Å². The third-order valence-electron chi connectivity index (χ3n) is 5.33. The van der Waals surface area contributed by atoms with Gasteiger partial charge in [-0.05, 0) is 75.8 Å². The molecule has 1 heterocycles. The van der Waals surface area contributed by atoms with Crippen LogP contribution in [0.15, 0.2) is 6.07 Å². The van der Waals surface area contributed by atoms with Gasteiger partial charge in [0.05, 0.1) is 0 Å². The van der Waals surface area contributed by atoms with Gasteiger partial charge in [0.15, 0.2) is 0 Å². The molecule has 0 spiro atoms. The Bertz CT molecular complexity index is 537. The van der Waals surface area contributed by atoms with Gasteiger partial charge in [0.1, 0.15) is 17.1 Å². The lowest BCUT2D eigenvalue weighted by molar-refractivity contribution is 0.0808. The summed E-state index contributed by atoms with van der Waals surface area (Å²) in [7, 11) is 0. The van der Waals surface area contributed by atoms with Crippen LogP contribution in [0, 0.1) is 0 Å². The van der Waals surface area contributed by atoms with Crippen molar-refractivity contribution in [3.63, 3.8) is 0 Å². The van der Waals surface area contributed by atoms with E-state index >= 15 is 0 Å². The van der Waals surface area contributed by atoms with Crippen molar-refractivity contribution in [1.29, 1.82) is 0 Å². The SMILES string of the molecule is CC1(C)CCc2cc(O)c3c(c2O1)C1CCC3CC1. The molecule has 0 aromatic heterocycles. The molecule has 2 heteroatoms. The summed E-state index contributed by atoms with van der Waals surface area (Å²) in [4.78, 5) is 0. The van der Waals surface area contributed by atoms with Gasteiger partial charge in [-0.25, -0.2) is 0 Å². The molecule has 3 aliphatic carbocycles. The maximum Gasteiger partial charge on any atom is 0.127 e. The lowest BCUT2D eigenvalue weighted by atomic mass is 9.65. The summed E-state index contributed by atoms with van der Waals surface area (Å²) in [5.41, 5.74) is 3.75. The molecule has 1 saturated carbocycles. The van der Waals surface area contributed by atoms with Crippen molar-refractivity contribution >= 4 is 0 Å². The minimum atomic E-state index is -0.0611. The number of phenols is 1. The van der Waals surface area contributed by atoms with Crippen molar-refractivity contribution in [3.8, 4) is 11.5 Å². The minimum absolute atomic E-state index is 0.0611. The highest BCUT2D eigenvalue weighted by Gasteiger charge is 2.40. The van der Waals surface area contributed by atoms with E-state index < -0.39 is 0 Å². The molecule has 1 N–H and O–H groups in total. The third kappa shape index (κ3) is 1.62. The molecular weight excluding hydrogens is 236 g/mol. The molecule has 4 aliphatic rings. The Kier molecular flexibility index (Phi) is 2.25. The van der Waals surface area contributed by atoms with Gasteiger partial charge in [-0.1, -0.05) is 0 Å². The molecule has 5 rings (SSSR count). The number of benzene rings is 1. The van der Waals surface area contributed by atoms with Crippen molar-refractivity contribution in [2.45, 2.75) is 69.8 Å². The molecule has 0 unspecified atom stereocenters. The molecular formula is C17H22O2. The van der Waals surface area contributed by atoms with Crippen LogP contribution in [0.25, 0.3) is 0 Å². The Morgan fingerprint density at radius 1 is 1.11 bits per heavy atom. The highest BCUT2D eigenvalue weighted by molar-refractivity contribution is 5.59. The number of rotatable bonds is 0. The van der Waals surface area contributed by atoms with Crippen LogP contribution in [0.3, 0.4) is 0 Å². The lowest BCUT2D eigenvalue weighted by Crippen LogP contribution is -2.35. The van der Waals surface area contributed by atoms with E-state index in [0.717, 1.165) is 18.6 Å². The van der Waals surface area contributed by atoms with Gasteiger partial charge >= 0.3 is 0 Å². The Morgan fingerprint density at radius 3 is 2.42 bits per heavy atom. The number of aromatic hydroxyl groups is 1. The summed E-state index contributed by atoms with van der Waals surface area (Å²) in [6.07, 6.45) is 7.10. The van der Waals surface area contributed by atoms with E-state index in [1.165, 1.54) is 42.4 Å². The number of phenolic OH excluding ortho intramolecular Hbond substituents is 1. The normalized spacial score (nSPS) is 30.4. The van der Waals surface area contributed by atoms with Crippen molar-refractivity contribution in [2.75, 3.05) is 0 Å². The van der Waals surface area contributed by atoms with Gasteiger partial charge in [-0.2, -0.15) is 0 Å². The van der Waals surface area contributed by atoms with E-state index in [0.29, 0.717) is 17.6 Å². The average molecular weight is 258 g/mol. The number of fused-ring (bicyclic) bond motifs is 3. The number of hydrogen-bond donors (Lipinski definition) is 1. The number of ether oxygens (including phenoxy) is 1. The quantitative estimate of drug-likeness (QED) is 0.753. The van der Waals surface area contributed by atoms with E-state index in [-0.39, 0.29) is 5.60 Å². The molecule has 0 atom stereocenters. The first-order chi connectivity index (χ1) is 9.05. The van der Waals surface area contributed by atoms with Gasteiger partial charge in [0.25, 0.3) is 0 Å². The standard InChI is InChI=1S/C17H22O2/c1-17(2)8-7-12-9-13(18)14-10-3-5-11(6-4-10)15(14)16(12)19-17/h9-11,18H,3-8H2,1-2H3. The minimum Gasteiger partial charge on any atom is -0.508 e. The number of hydrogen-bond acceptors (Lipinski definition) is 2. The van der Waals surface area contributed by atoms with Gasteiger partial charge in [0, 0.05) is 11.1 Å². The predicted octanol–water partition coefficient (Wildman–Crippen LogP) is 4.25. The maximum atomic E-state index is 10.4. The van der Waals surface area contributed by atoms with E-state index in [2.05, 4.69) is 13.8 Å². The summed E-state index contributed by atoms with van der Waals surface area (Å²) < 4.78 is 6.31. The summed E-state index contributed by atoms with van der Waals surface area (Å²) >= 11 is 0. The Balaban J connectivity index is 1.94. The van der Waals surface area contributed by atoms with Gasteiger partial charge in [-0.15, -0.1) is 0 Å². The van der Waals surface area contributed by atoms with Crippen molar-refractivity contribution < 1.29 is 9.84 Å². The maximum absolute atomic E-state index is 10.4. The van der Waals surface area contributed by atoms with Crippen molar-refractivity contribution in [2.24, 2.45) is 0 Å². The molecule has 1 aliphatic heterocycles. The third-order valence-corrected chi connectivity index (χ3v) is 5.33. The molecule has 102 valence electrons. The Hall–Kier alpha value is -1.18. The van der Waals surface area contributed by atoms with Crippen LogP contribution in [0.5, 0.6) is 11.5 Å². The van der Waals surface area contributed by atoms with Crippen LogP contribution < -0.4 is 4.74 Å². The lowest BCUT2D eigenvalue weighted by Gasteiger charge is -2.43. The van der Waals surface area contributed by atoms with Crippen LogP contribution >= 0.6 is 0 Å². The van der Waals surface area contributed by atoms with Crippen molar-refractivity contribution in [1.82, 2.24) is 0 Å². The predicted molar refractivity (Wildman–Crippen MR) is 75.1 cm³/mol. The molecule has 0 amide bonds. The highest BCUT2D eigenvalue weighted by Crippen LogP contribution is 2.57. The Morgan fingerprint density at radius 2 is 1.74 bits per heavy atom. The van der Waals surface area contributed by atoms with E-state index in [1.54, 1.807) is 0 Å². The first-order valence-electron chi connectivity index (χ1n) is 7.63. The van der Waals surface area contributed by atoms with E-state index in [4.69, 9.17) is 4.74 Å². The zero-order chi connectivity index (χ0) is 13.2. The zero-order valence-electron chi connectivity index (χ0n) is 11.8. The molecule has 2 nitrogen and oxygen atoms in total. The van der Waals surface area contributed by atoms with Gasteiger partial charge in [-0.3, -0.25) is 0 Å².